The Morgan fingerprint density at radius 3 is 3.00 bits per heavy atom. The van der Waals surface area contributed by atoms with E-state index in [2.05, 4.69) is 34.3 Å². The van der Waals surface area contributed by atoms with Crippen LogP contribution in [0.2, 0.25) is 0 Å². The summed E-state index contributed by atoms with van der Waals surface area (Å²) in [6.45, 7) is 2.71. The monoisotopic (exact) mass is 284 g/mol. The van der Waals surface area contributed by atoms with Crippen LogP contribution in [-0.4, -0.2) is 42.1 Å². The summed E-state index contributed by atoms with van der Waals surface area (Å²) in [5, 5.41) is 4.46. The number of aromatic amines is 1. The average molecular weight is 284 g/mol. The van der Waals surface area contributed by atoms with Crippen LogP contribution >= 0.6 is 0 Å². The predicted octanol–water partition coefficient (Wildman–Crippen LogP) is 2.47. The first-order chi connectivity index (χ1) is 10.2. The highest BCUT2D eigenvalue weighted by Crippen LogP contribution is 2.28. The summed E-state index contributed by atoms with van der Waals surface area (Å²) >= 11 is 0. The van der Waals surface area contributed by atoms with Gasteiger partial charge in [-0.15, -0.1) is 0 Å². The fourth-order valence-corrected chi connectivity index (χ4v) is 2.31. The van der Waals surface area contributed by atoms with Crippen molar-refractivity contribution >= 4 is 11.0 Å². The van der Waals surface area contributed by atoms with E-state index in [1.54, 1.807) is 6.20 Å². The van der Waals surface area contributed by atoms with Crippen LogP contribution < -0.4 is 5.32 Å². The van der Waals surface area contributed by atoms with Crippen LogP contribution in [0.25, 0.3) is 22.4 Å². The van der Waals surface area contributed by atoms with Crippen molar-refractivity contribution in [3.8, 4) is 11.3 Å². The van der Waals surface area contributed by atoms with Gasteiger partial charge in [-0.2, -0.15) is 0 Å². The fourth-order valence-electron chi connectivity index (χ4n) is 2.31. The Kier molecular flexibility index (Phi) is 4.03. The van der Waals surface area contributed by atoms with Gasteiger partial charge in [0.25, 0.3) is 0 Å². The Labute approximate surface area is 124 Å². The molecule has 21 heavy (non-hydrogen) atoms. The highest BCUT2D eigenvalue weighted by Gasteiger charge is 2.09. The zero-order chi connectivity index (χ0) is 14.7. The fraction of sp³-hybridized carbons (Fsp3) is 0.312. The molecule has 3 heterocycles. The molecule has 2 N–H and O–H groups in total. The molecular formula is C16H20N4O. The van der Waals surface area contributed by atoms with Crippen LogP contribution in [0.4, 0.5) is 0 Å². The minimum atomic E-state index is 0.745. The van der Waals surface area contributed by atoms with Gasteiger partial charge in [0.1, 0.15) is 17.2 Å². The van der Waals surface area contributed by atoms with E-state index < -0.39 is 0 Å². The molecule has 0 fully saturated rings. The molecule has 3 aromatic heterocycles. The third-order valence-corrected chi connectivity index (χ3v) is 3.42. The minimum Gasteiger partial charge on any atom is -0.460 e. The number of H-pyrrole nitrogens is 1. The van der Waals surface area contributed by atoms with E-state index in [0.717, 1.165) is 47.8 Å². The summed E-state index contributed by atoms with van der Waals surface area (Å²) in [6, 6.07) is 8.05. The molecule has 0 radical (unpaired) electrons. The summed E-state index contributed by atoms with van der Waals surface area (Å²) < 4.78 is 5.94. The number of nitrogens with zero attached hydrogens (tertiary/aromatic N) is 2. The van der Waals surface area contributed by atoms with Crippen LogP contribution in [0.1, 0.15) is 5.76 Å². The minimum absolute atomic E-state index is 0.745. The van der Waals surface area contributed by atoms with E-state index >= 15 is 0 Å². The number of aromatic nitrogens is 2. The SMILES string of the molecule is CN(C)CCNCc1ccc(-c2ccnc3[nH]ccc23)o1. The van der Waals surface area contributed by atoms with E-state index in [4.69, 9.17) is 4.42 Å². The normalized spacial score (nSPS) is 11.6. The maximum Gasteiger partial charge on any atom is 0.137 e. The third-order valence-electron chi connectivity index (χ3n) is 3.42. The van der Waals surface area contributed by atoms with Gasteiger partial charge in [0.05, 0.1) is 6.54 Å². The number of nitrogens with one attached hydrogen (secondary N) is 2. The number of fused-ring (bicyclic) bond motifs is 1. The number of hydrogen-bond donors (Lipinski definition) is 2. The summed E-state index contributed by atoms with van der Waals surface area (Å²) in [7, 11) is 4.14. The molecule has 0 saturated heterocycles. The molecule has 0 atom stereocenters. The molecule has 0 saturated carbocycles. The van der Waals surface area contributed by atoms with Crippen LogP contribution in [0, 0.1) is 0 Å². The van der Waals surface area contributed by atoms with E-state index in [0.29, 0.717) is 0 Å². The lowest BCUT2D eigenvalue weighted by molar-refractivity contribution is 0.392. The molecule has 0 aromatic carbocycles. The second-order valence-electron chi connectivity index (χ2n) is 5.34. The molecule has 0 aliphatic carbocycles. The van der Waals surface area contributed by atoms with E-state index in [1.807, 2.05) is 30.5 Å². The number of pyridine rings is 1. The standard InChI is InChI=1S/C16H20N4O/c1-20(2)10-9-17-11-12-3-4-15(21-12)13-5-7-18-16-14(13)6-8-19-16/h3-8,17H,9-11H2,1-2H3,(H,18,19). The largest absolute Gasteiger partial charge is 0.460 e. The van der Waals surface area contributed by atoms with Gasteiger partial charge in [-0.25, -0.2) is 4.98 Å². The maximum absolute atomic E-state index is 5.94. The molecule has 0 unspecified atom stereocenters. The van der Waals surface area contributed by atoms with E-state index in [1.165, 1.54) is 0 Å². The average Bonchev–Trinajstić information content (AvgIpc) is 3.12. The highest BCUT2D eigenvalue weighted by molar-refractivity contribution is 5.91. The lowest BCUT2D eigenvalue weighted by Gasteiger charge is -2.09. The van der Waals surface area contributed by atoms with Gasteiger partial charge in [-0.1, -0.05) is 0 Å². The molecule has 0 amide bonds. The summed E-state index contributed by atoms with van der Waals surface area (Å²) in [5.41, 5.74) is 1.95. The molecule has 0 aliphatic heterocycles. The Morgan fingerprint density at radius 2 is 2.14 bits per heavy atom. The van der Waals surface area contributed by atoms with Gasteiger partial charge in [0, 0.05) is 36.4 Å². The molecule has 3 aromatic rings. The molecule has 0 spiro atoms. The van der Waals surface area contributed by atoms with Crippen LogP contribution in [-0.2, 0) is 6.54 Å². The van der Waals surface area contributed by atoms with Crippen molar-refractivity contribution < 1.29 is 4.42 Å². The summed E-state index contributed by atoms with van der Waals surface area (Å²) in [5.74, 6) is 1.83. The Morgan fingerprint density at radius 1 is 1.24 bits per heavy atom. The van der Waals surface area contributed by atoms with Gasteiger partial charge in [-0.3, -0.25) is 0 Å². The maximum atomic E-state index is 5.94. The zero-order valence-corrected chi connectivity index (χ0v) is 12.4. The molecule has 3 rings (SSSR count). The van der Waals surface area contributed by atoms with Gasteiger partial charge < -0.3 is 19.6 Å². The van der Waals surface area contributed by atoms with Crippen LogP contribution in [0.5, 0.6) is 0 Å². The second-order valence-corrected chi connectivity index (χ2v) is 5.34. The van der Waals surface area contributed by atoms with Crippen molar-refractivity contribution in [2.24, 2.45) is 0 Å². The first-order valence-electron chi connectivity index (χ1n) is 7.10. The molecule has 110 valence electrons. The van der Waals surface area contributed by atoms with Crippen molar-refractivity contribution in [3.05, 3.63) is 42.4 Å². The molecule has 0 aliphatic rings. The summed E-state index contributed by atoms with van der Waals surface area (Å²) in [6.07, 6.45) is 3.69. The Balaban J connectivity index is 1.71. The molecular weight excluding hydrogens is 264 g/mol. The van der Waals surface area contributed by atoms with Gasteiger partial charge in [0.15, 0.2) is 0 Å². The Hall–Kier alpha value is -2.11. The van der Waals surface area contributed by atoms with Crippen molar-refractivity contribution in [3.63, 3.8) is 0 Å². The van der Waals surface area contributed by atoms with Gasteiger partial charge in [0.2, 0.25) is 0 Å². The molecule has 5 nitrogen and oxygen atoms in total. The number of rotatable bonds is 6. The Bertz CT molecular complexity index is 714. The van der Waals surface area contributed by atoms with Crippen molar-refractivity contribution in [2.75, 3.05) is 27.2 Å². The number of hydrogen-bond acceptors (Lipinski definition) is 4. The number of furan rings is 1. The lowest BCUT2D eigenvalue weighted by Crippen LogP contribution is -2.25. The highest BCUT2D eigenvalue weighted by atomic mass is 16.3. The van der Waals surface area contributed by atoms with Crippen molar-refractivity contribution in [1.29, 1.82) is 0 Å². The third kappa shape index (κ3) is 3.15. The first kappa shape index (κ1) is 13.9. The topological polar surface area (TPSA) is 57.1 Å². The molecule has 0 bridgehead atoms. The second kappa shape index (κ2) is 6.11. The van der Waals surface area contributed by atoms with Gasteiger partial charge >= 0.3 is 0 Å². The predicted molar refractivity (Wildman–Crippen MR) is 84.1 cm³/mol. The number of likely N-dealkylation sites (N-methyl/N-ethyl adjacent to an activating group) is 1. The van der Waals surface area contributed by atoms with Crippen LogP contribution in [0.15, 0.2) is 41.1 Å². The smallest absolute Gasteiger partial charge is 0.137 e. The van der Waals surface area contributed by atoms with Crippen molar-refractivity contribution in [2.45, 2.75) is 6.54 Å². The first-order valence-corrected chi connectivity index (χ1v) is 7.10. The quantitative estimate of drug-likeness (QED) is 0.683. The summed E-state index contributed by atoms with van der Waals surface area (Å²) in [4.78, 5) is 9.57. The van der Waals surface area contributed by atoms with Gasteiger partial charge in [-0.05, 0) is 38.4 Å². The van der Waals surface area contributed by atoms with Crippen molar-refractivity contribution in [1.82, 2.24) is 20.2 Å². The van der Waals surface area contributed by atoms with E-state index in [9.17, 15) is 0 Å². The zero-order valence-electron chi connectivity index (χ0n) is 12.4. The molecule has 5 heteroatoms. The lowest BCUT2D eigenvalue weighted by atomic mass is 10.1. The van der Waals surface area contributed by atoms with E-state index in [-0.39, 0.29) is 0 Å². The van der Waals surface area contributed by atoms with Crippen LogP contribution in [0.3, 0.4) is 0 Å².